The first-order valence-electron chi connectivity index (χ1n) is 4.69. The first kappa shape index (κ1) is 10.0. The Kier molecular flexibility index (Phi) is 2.56. The Morgan fingerprint density at radius 3 is 2.64 bits per heavy atom. The van der Waals surface area contributed by atoms with E-state index < -0.39 is 12.1 Å². The van der Waals surface area contributed by atoms with Crippen LogP contribution < -0.4 is 0 Å². The van der Waals surface area contributed by atoms with E-state index in [9.17, 15) is 13.2 Å². The summed E-state index contributed by atoms with van der Waals surface area (Å²) in [5.41, 5.74) is 0. The average Bonchev–Trinajstić information content (AvgIpc) is 2.73. The lowest BCUT2D eigenvalue weighted by Crippen LogP contribution is -2.24. The lowest BCUT2D eigenvalue weighted by atomic mass is 9.94. The smallest absolute Gasteiger partial charge is 0.171 e. The van der Waals surface area contributed by atoms with Gasteiger partial charge in [0.1, 0.15) is 0 Å². The fourth-order valence-electron chi connectivity index (χ4n) is 2.19. The molecule has 1 heterocycles. The predicted molar refractivity (Wildman–Crippen MR) is 50.5 cm³/mol. The summed E-state index contributed by atoms with van der Waals surface area (Å²) >= 11 is 1.44. The summed E-state index contributed by atoms with van der Waals surface area (Å²) in [4.78, 5) is 0.893. The minimum Gasteiger partial charge on any atom is -0.171 e. The highest BCUT2D eigenvalue weighted by Crippen LogP contribution is 2.48. The number of halogens is 3. The maximum absolute atomic E-state index is 12.6. The van der Waals surface area contributed by atoms with Gasteiger partial charge < -0.3 is 0 Å². The van der Waals surface area contributed by atoms with Gasteiger partial charge in [-0.1, -0.05) is 12.5 Å². The Morgan fingerprint density at radius 1 is 1.29 bits per heavy atom. The van der Waals surface area contributed by atoms with Crippen LogP contribution in [0.1, 0.15) is 30.1 Å². The van der Waals surface area contributed by atoms with Crippen molar-refractivity contribution in [3.63, 3.8) is 0 Å². The molecule has 0 nitrogen and oxygen atoms in total. The Bertz CT molecular complexity index is 289. The van der Waals surface area contributed by atoms with Crippen molar-refractivity contribution in [2.75, 3.05) is 0 Å². The van der Waals surface area contributed by atoms with Crippen LogP contribution in [0.25, 0.3) is 0 Å². The van der Waals surface area contributed by atoms with E-state index in [1.807, 2.05) is 17.5 Å². The van der Waals surface area contributed by atoms with Crippen LogP contribution in [0.3, 0.4) is 0 Å². The predicted octanol–water partition coefficient (Wildman–Crippen LogP) is 4.19. The van der Waals surface area contributed by atoms with Gasteiger partial charge in [-0.15, -0.1) is 11.3 Å². The molecule has 14 heavy (non-hydrogen) atoms. The van der Waals surface area contributed by atoms with Crippen LogP contribution in [0, 0.1) is 5.92 Å². The summed E-state index contributed by atoms with van der Waals surface area (Å²) in [6.07, 6.45) is -2.34. The molecule has 1 aromatic rings. The van der Waals surface area contributed by atoms with Crippen molar-refractivity contribution in [2.45, 2.75) is 31.4 Å². The normalized spacial score (nSPS) is 28.2. The summed E-state index contributed by atoms with van der Waals surface area (Å²) < 4.78 is 37.8. The Labute approximate surface area is 84.8 Å². The van der Waals surface area contributed by atoms with Crippen LogP contribution in [-0.4, -0.2) is 6.18 Å². The lowest BCUT2D eigenvalue weighted by molar-refractivity contribution is -0.176. The zero-order valence-corrected chi connectivity index (χ0v) is 8.37. The molecule has 78 valence electrons. The summed E-state index contributed by atoms with van der Waals surface area (Å²) in [5, 5.41) is 1.85. The second kappa shape index (κ2) is 3.57. The van der Waals surface area contributed by atoms with Crippen LogP contribution in [-0.2, 0) is 0 Å². The third-order valence-electron chi connectivity index (χ3n) is 2.85. The molecule has 1 aliphatic carbocycles. The van der Waals surface area contributed by atoms with Gasteiger partial charge in [-0.25, -0.2) is 0 Å². The van der Waals surface area contributed by atoms with E-state index in [0.29, 0.717) is 19.3 Å². The van der Waals surface area contributed by atoms with Gasteiger partial charge in [-0.2, -0.15) is 13.2 Å². The standard InChI is InChI=1S/C10H11F3S/c11-10(12,13)8-4-1-3-7(8)9-5-2-6-14-9/h2,5-8H,1,3-4H2. The quantitative estimate of drug-likeness (QED) is 0.665. The molecule has 2 atom stereocenters. The third kappa shape index (κ3) is 1.80. The fraction of sp³-hybridized carbons (Fsp3) is 0.600. The van der Waals surface area contributed by atoms with Gasteiger partial charge in [-0.05, 0) is 24.3 Å². The monoisotopic (exact) mass is 220 g/mol. The van der Waals surface area contributed by atoms with E-state index in [2.05, 4.69) is 0 Å². The largest absolute Gasteiger partial charge is 0.392 e. The lowest BCUT2D eigenvalue weighted by Gasteiger charge is -2.21. The average molecular weight is 220 g/mol. The van der Waals surface area contributed by atoms with Gasteiger partial charge in [0.2, 0.25) is 0 Å². The van der Waals surface area contributed by atoms with E-state index >= 15 is 0 Å². The maximum atomic E-state index is 12.6. The van der Waals surface area contributed by atoms with E-state index in [1.54, 1.807) is 0 Å². The number of hydrogen-bond acceptors (Lipinski definition) is 1. The molecule has 0 bridgehead atoms. The molecule has 2 unspecified atom stereocenters. The molecule has 0 N–H and O–H groups in total. The van der Waals surface area contributed by atoms with Gasteiger partial charge in [0.05, 0.1) is 5.92 Å². The fourth-order valence-corrected chi connectivity index (χ4v) is 3.12. The summed E-state index contributed by atoms with van der Waals surface area (Å²) in [5.74, 6) is -1.39. The topological polar surface area (TPSA) is 0 Å². The van der Waals surface area contributed by atoms with Crippen molar-refractivity contribution in [3.8, 4) is 0 Å². The van der Waals surface area contributed by atoms with Gasteiger partial charge in [0.15, 0.2) is 0 Å². The van der Waals surface area contributed by atoms with Gasteiger partial charge >= 0.3 is 6.18 Å². The van der Waals surface area contributed by atoms with Gasteiger partial charge in [0.25, 0.3) is 0 Å². The highest BCUT2D eigenvalue weighted by molar-refractivity contribution is 7.10. The summed E-state index contributed by atoms with van der Waals surface area (Å²) in [6.45, 7) is 0. The van der Waals surface area contributed by atoms with Crippen molar-refractivity contribution < 1.29 is 13.2 Å². The van der Waals surface area contributed by atoms with E-state index in [1.165, 1.54) is 11.3 Å². The van der Waals surface area contributed by atoms with E-state index in [0.717, 1.165) is 4.88 Å². The van der Waals surface area contributed by atoms with Crippen LogP contribution in [0.2, 0.25) is 0 Å². The molecular weight excluding hydrogens is 209 g/mol. The SMILES string of the molecule is FC(F)(F)C1CCCC1c1cccs1. The molecule has 0 spiro atoms. The first-order valence-corrected chi connectivity index (χ1v) is 5.57. The molecule has 0 aliphatic heterocycles. The van der Waals surface area contributed by atoms with Crippen LogP contribution in [0.4, 0.5) is 13.2 Å². The zero-order valence-electron chi connectivity index (χ0n) is 7.55. The molecule has 1 aromatic heterocycles. The van der Waals surface area contributed by atoms with Crippen molar-refractivity contribution >= 4 is 11.3 Å². The van der Waals surface area contributed by atoms with Gasteiger partial charge in [-0.3, -0.25) is 0 Å². The first-order chi connectivity index (χ1) is 6.59. The molecule has 0 aromatic carbocycles. The Hall–Kier alpha value is -0.510. The van der Waals surface area contributed by atoms with Crippen LogP contribution >= 0.6 is 11.3 Å². The van der Waals surface area contributed by atoms with Crippen LogP contribution in [0.5, 0.6) is 0 Å². The van der Waals surface area contributed by atoms with Gasteiger partial charge in [0, 0.05) is 10.8 Å². The highest BCUT2D eigenvalue weighted by atomic mass is 32.1. The van der Waals surface area contributed by atoms with Crippen LogP contribution in [0.15, 0.2) is 17.5 Å². The minimum absolute atomic E-state index is 0.282. The number of thiophene rings is 1. The molecule has 0 amide bonds. The molecule has 1 aliphatic rings. The molecule has 1 fully saturated rings. The molecule has 0 saturated heterocycles. The van der Waals surface area contributed by atoms with Crippen molar-refractivity contribution in [1.82, 2.24) is 0 Å². The van der Waals surface area contributed by atoms with Crippen molar-refractivity contribution in [3.05, 3.63) is 22.4 Å². The molecular formula is C10H11F3S. The molecule has 1 saturated carbocycles. The number of hydrogen-bond donors (Lipinski definition) is 0. The summed E-state index contributed by atoms with van der Waals surface area (Å²) in [7, 11) is 0. The van der Waals surface area contributed by atoms with E-state index in [-0.39, 0.29) is 5.92 Å². The molecule has 2 rings (SSSR count). The second-order valence-corrected chi connectivity index (χ2v) is 4.68. The van der Waals surface area contributed by atoms with E-state index in [4.69, 9.17) is 0 Å². The summed E-state index contributed by atoms with van der Waals surface area (Å²) in [6, 6.07) is 3.64. The Balaban J connectivity index is 2.20. The number of rotatable bonds is 1. The highest BCUT2D eigenvalue weighted by Gasteiger charge is 2.47. The molecule has 4 heteroatoms. The van der Waals surface area contributed by atoms with Crippen molar-refractivity contribution in [2.24, 2.45) is 5.92 Å². The minimum atomic E-state index is -4.02. The number of alkyl halides is 3. The Morgan fingerprint density at radius 2 is 2.07 bits per heavy atom. The second-order valence-electron chi connectivity index (χ2n) is 3.70. The zero-order chi connectivity index (χ0) is 10.2. The maximum Gasteiger partial charge on any atom is 0.392 e. The third-order valence-corrected chi connectivity index (χ3v) is 3.85. The molecule has 0 radical (unpaired) electrons. The van der Waals surface area contributed by atoms with Crippen molar-refractivity contribution in [1.29, 1.82) is 0 Å².